The molecule has 25 heavy (non-hydrogen) atoms. The molecular weight excluding hydrogens is 373 g/mol. The van der Waals surface area contributed by atoms with Crippen molar-refractivity contribution in [2.75, 3.05) is 17.2 Å². The predicted molar refractivity (Wildman–Crippen MR) is 106 cm³/mol. The number of rotatable bonds is 2. The molecular formula is C19H15Cl2N3S. The number of thioether (sulfide) groups is 1. The van der Waals surface area contributed by atoms with E-state index in [9.17, 15) is 0 Å². The van der Waals surface area contributed by atoms with E-state index in [1.54, 1.807) is 6.33 Å². The van der Waals surface area contributed by atoms with Crippen LogP contribution < -0.4 is 4.90 Å². The molecule has 0 fully saturated rings. The second kappa shape index (κ2) is 7.24. The smallest absolute Gasteiger partial charge is 0.144 e. The molecule has 0 radical (unpaired) electrons. The normalized spacial score (nSPS) is 14.1. The van der Waals surface area contributed by atoms with Crippen LogP contribution in [0.25, 0.3) is 11.1 Å². The van der Waals surface area contributed by atoms with Crippen molar-refractivity contribution in [2.45, 2.75) is 11.3 Å². The van der Waals surface area contributed by atoms with Crippen LogP contribution in [0.1, 0.15) is 6.42 Å². The Morgan fingerprint density at radius 2 is 1.92 bits per heavy atom. The zero-order chi connectivity index (χ0) is 17.2. The topological polar surface area (TPSA) is 29.0 Å². The van der Waals surface area contributed by atoms with Gasteiger partial charge in [0.1, 0.15) is 12.1 Å². The molecule has 0 unspecified atom stereocenters. The van der Waals surface area contributed by atoms with Gasteiger partial charge in [-0.2, -0.15) is 0 Å². The number of hydrogen-bond acceptors (Lipinski definition) is 4. The highest BCUT2D eigenvalue weighted by Crippen LogP contribution is 2.40. The molecule has 4 rings (SSSR count). The van der Waals surface area contributed by atoms with Crippen molar-refractivity contribution in [3.05, 3.63) is 65.0 Å². The van der Waals surface area contributed by atoms with Crippen molar-refractivity contribution < 1.29 is 0 Å². The fourth-order valence-corrected chi connectivity index (χ4v) is 4.25. The maximum atomic E-state index is 6.22. The molecule has 3 nitrogen and oxygen atoms in total. The summed E-state index contributed by atoms with van der Waals surface area (Å²) in [7, 11) is 0. The molecule has 1 aliphatic rings. The average molecular weight is 388 g/mol. The van der Waals surface area contributed by atoms with Gasteiger partial charge >= 0.3 is 0 Å². The highest BCUT2D eigenvalue weighted by atomic mass is 35.5. The molecule has 2 heterocycles. The zero-order valence-electron chi connectivity index (χ0n) is 13.3. The Bertz CT molecular complexity index is 917. The molecule has 0 amide bonds. The van der Waals surface area contributed by atoms with Gasteiger partial charge in [0, 0.05) is 23.2 Å². The van der Waals surface area contributed by atoms with Gasteiger partial charge in [-0.3, -0.25) is 0 Å². The standard InChI is InChI=1S/C19H15Cl2N3S/c20-15-7-6-13(10-16(15)21)14-11-22-12-23-19(14)24-8-3-9-25-18-5-2-1-4-17(18)24/h1-2,4-7,10-12H,3,8-9H2. The third-order valence-electron chi connectivity index (χ3n) is 4.12. The Morgan fingerprint density at radius 1 is 1.04 bits per heavy atom. The molecule has 0 spiro atoms. The number of fused-ring (bicyclic) bond motifs is 1. The molecule has 6 heteroatoms. The van der Waals surface area contributed by atoms with E-state index in [1.165, 1.54) is 10.6 Å². The first-order valence-corrected chi connectivity index (χ1v) is 9.73. The van der Waals surface area contributed by atoms with Gasteiger partial charge in [-0.05, 0) is 42.0 Å². The van der Waals surface area contributed by atoms with E-state index in [0.717, 1.165) is 35.7 Å². The van der Waals surface area contributed by atoms with Crippen molar-refractivity contribution in [1.82, 2.24) is 9.97 Å². The van der Waals surface area contributed by atoms with Gasteiger partial charge in [0.2, 0.25) is 0 Å². The quantitative estimate of drug-likeness (QED) is 0.532. The number of anilines is 2. The van der Waals surface area contributed by atoms with E-state index in [2.05, 4.69) is 39.1 Å². The minimum atomic E-state index is 0.529. The summed E-state index contributed by atoms with van der Waals surface area (Å²) in [6.45, 7) is 0.912. The van der Waals surface area contributed by atoms with Crippen molar-refractivity contribution in [1.29, 1.82) is 0 Å². The second-order valence-corrected chi connectivity index (χ2v) is 7.66. The molecule has 126 valence electrons. The summed E-state index contributed by atoms with van der Waals surface area (Å²) in [5, 5.41) is 1.07. The molecule has 0 N–H and O–H groups in total. The molecule has 0 saturated carbocycles. The van der Waals surface area contributed by atoms with Crippen LogP contribution >= 0.6 is 35.0 Å². The first kappa shape index (κ1) is 16.7. The highest BCUT2D eigenvalue weighted by molar-refractivity contribution is 7.99. The molecule has 2 aromatic carbocycles. The van der Waals surface area contributed by atoms with Crippen LogP contribution in [0.4, 0.5) is 11.5 Å². The van der Waals surface area contributed by atoms with Crippen LogP contribution in [-0.4, -0.2) is 22.3 Å². The lowest BCUT2D eigenvalue weighted by atomic mass is 10.1. The third-order valence-corrected chi connectivity index (χ3v) is 6.01. The number of halogens is 2. The molecule has 0 bridgehead atoms. The third kappa shape index (κ3) is 3.34. The summed E-state index contributed by atoms with van der Waals surface area (Å²) in [5.41, 5.74) is 3.09. The van der Waals surface area contributed by atoms with Gasteiger partial charge in [0.25, 0.3) is 0 Å². The molecule has 3 aromatic rings. The highest BCUT2D eigenvalue weighted by Gasteiger charge is 2.21. The largest absolute Gasteiger partial charge is 0.325 e. The van der Waals surface area contributed by atoms with Crippen LogP contribution in [-0.2, 0) is 0 Å². The van der Waals surface area contributed by atoms with Crippen LogP contribution in [0.3, 0.4) is 0 Å². The number of para-hydroxylation sites is 1. The lowest BCUT2D eigenvalue weighted by molar-refractivity contribution is 0.879. The summed E-state index contributed by atoms with van der Waals surface area (Å²) >= 11 is 14.2. The van der Waals surface area contributed by atoms with E-state index in [1.807, 2.05) is 36.2 Å². The van der Waals surface area contributed by atoms with Crippen molar-refractivity contribution in [3.63, 3.8) is 0 Å². The lowest BCUT2D eigenvalue weighted by Gasteiger charge is -2.25. The van der Waals surface area contributed by atoms with E-state index in [0.29, 0.717) is 10.0 Å². The van der Waals surface area contributed by atoms with Gasteiger partial charge in [0.05, 0.1) is 15.7 Å². The Balaban J connectivity index is 1.85. The van der Waals surface area contributed by atoms with Crippen molar-refractivity contribution in [2.24, 2.45) is 0 Å². The average Bonchev–Trinajstić information content (AvgIpc) is 2.86. The molecule has 0 atom stereocenters. The van der Waals surface area contributed by atoms with E-state index < -0.39 is 0 Å². The zero-order valence-corrected chi connectivity index (χ0v) is 15.7. The summed E-state index contributed by atoms with van der Waals surface area (Å²) in [6.07, 6.45) is 4.52. The number of nitrogens with zero attached hydrogens (tertiary/aromatic N) is 3. The van der Waals surface area contributed by atoms with E-state index in [-0.39, 0.29) is 0 Å². The summed E-state index contributed by atoms with van der Waals surface area (Å²) in [5.74, 6) is 1.99. The van der Waals surface area contributed by atoms with Gasteiger partial charge in [-0.15, -0.1) is 11.8 Å². The molecule has 0 aliphatic carbocycles. The molecule has 1 aliphatic heterocycles. The summed E-state index contributed by atoms with van der Waals surface area (Å²) < 4.78 is 0. The van der Waals surface area contributed by atoms with E-state index >= 15 is 0 Å². The Morgan fingerprint density at radius 3 is 2.80 bits per heavy atom. The van der Waals surface area contributed by atoms with Crippen LogP contribution in [0.15, 0.2) is 59.9 Å². The SMILES string of the molecule is Clc1ccc(-c2cncnc2N2CCCSc3ccccc32)cc1Cl. The number of benzene rings is 2. The fourth-order valence-electron chi connectivity index (χ4n) is 2.95. The van der Waals surface area contributed by atoms with Crippen LogP contribution in [0.5, 0.6) is 0 Å². The fraction of sp³-hybridized carbons (Fsp3) is 0.158. The maximum absolute atomic E-state index is 6.22. The Hall–Kier alpha value is -1.75. The van der Waals surface area contributed by atoms with Gasteiger partial charge in [-0.1, -0.05) is 41.4 Å². The van der Waals surface area contributed by atoms with E-state index in [4.69, 9.17) is 23.2 Å². The monoisotopic (exact) mass is 387 g/mol. The molecule has 1 aromatic heterocycles. The summed E-state index contributed by atoms with van der Waals surface area (Å²) in [6, 6.07) is 14.1. The summed E-state index contributed by atoms with van der Waals surface area (Å²) in [4.78, 5) is 12.4. The minimum absolute atomic E-state index is 0.529. The van der Waals surface area contributed by atoms with Gasteiger partial charge in [-0.25, -0.2) is 9.97 Å². The van der Waals surface area contributed by atoms with Crippen LogP contribution in [0, 0.1) is 0 Å². The van der Waals surface area contributed by atoms with Crippen LogP contribution in [0.2, 0.25) is 10.0 Å². The van der Waals surface area contributed by atoms with Gasteiger partial charge < -0.3 is 4.90 Å². The lowest BCUT2D eigenvalue weighted by Crippen LogP contribution is -2.20. The predicted octanol–water partition coefficient (Wildman–Crippen LogP) is 6.08. The van der Waals surface area contributed by atoms with Crippen molar-refractivity contribution in [3.8, 4) is 11.1 Å². The second-order valence-electron chi connectivity index (χ2n) is 5.71. The Labute approximate surface area is 161 Å². The molecule has 0 saturated heterocycles. The first-order valence-electron chi connectivity index (χ1n) is 7.99. The maximum Gasteiger partial charge on any atom is 0.144 e. The van der Waals surface area contributed by atoms with Crippen molar-refractivity contribution >= 4 is 46.5 Å². The first-order chi connectivity index (χ1) is 12.2. The Kier molecular flexibility index (Phi) is 4.84. The number of aromatic nitrogens is 2. The van der Waals surface area contributed by atoms with Gasteiger partial charge in [0.15, 0.2) is 0 Å². The minimum Gasteiger partial charge on any atom is -0.325 e. The number of hydrogen-bond donors (Lipinski definition) is 0.